The lowest BCUT2D eigenvalue weighted by Gasteiger charge is -2.38. The van der Waals surface area contributed by atoms with Crippen molar-refractivity contribution in [3.05, 3.63) is 0 Å². The maximum atomic E-state index is 12.0. The summed E-state index contributed by atoms with van der Waals surface area (Å²) in [4.78, 5) is 14.4. The van der Waals surface area contributed by atoms with Crippen LogP contribution in [0.1, 0.15) is 38.5 Å². The van der Waals surface area contributed by atoms with E-state index in [1.54, 1.807) is 0 Å². The first kappa shape index (κ1) is 13.8. The van der Waals surface area contributed by atoms with Gasteiger partial charge < -0.3 is 15.3 Å². The van der Waals surface area contributed by atoms with Gasteiger partial charge in [-0.25, -0.2) is 0 Å². The van der Waals surface area contributed by atoms with Gasteiger partial charge in [-0.1, -0.05) is 6.42 Å². The fourth-order valence-electron chi connectivity index (χ4n) is 2.99. The number of rotatable bonds is 5. The van der Waals surface area contributed by atoms with Crippen LogP contribution in [0.5, 0.6) is 0 Å². The van der Waals surface area contributed by atoms with Gasteiger partial charge in [-0.15, -0.1) is 0 Å². The molecule has 0 spiro atoms. The Morgan fingerprint density at radius 2 is 2.06 bits per heavy atom. The van der Waals surface area contributed by atoms with E-state index in [4.69, 9.17) is 0 Å². The quantitative estimate of drug-likeness (QED) is 0.769. The number of amides is 1. The van der Waals surface area contributed by atoms with E-state index >= 15 is 0 Å². The molecule has 0 aromatic carbocycles. The largest absolute Gasteiger partial charge is 0.395 e. The molecule has 104 valence electrons. The van der Waals surface area contributed by atoms with Crippen LogP contribution >= 0.6 is 0 Å². The van der Waals surface area contributed by atoms with Gasteiger partial charge in [0.2, 0.25) is 5.91 Å². The molecule has 1 heterocycles. The van der Waals surface area contributed by atoms with Crippen molar-refractivity contribution in [3.63, 3.8) is 0 Å². The number of hydrogen-bond acceptors (Lipinski definition) is 3. The number of carbonyl (C=O) groups excluding carboxylic acids is 1. The lowest BCUT2D eigenvalue weighted by atomic mass is 9.68. The van der Waals surface area contributed by atoms with Gasteiger partial charge in [-0.2, -0.15) is 0 Å². The highest BCUT2D eigenvalue weighted by Gasteiger charge is 2.43. The third-order valence-corrected chi connectivity index (χ3v) is 4.77. The Labute approximate surface area is 110 Å². The topological polar surface area (TPSA) is 52.6 Å². The first-order valence-electron chi connectivity index (χ1n) is 7.24. The van der Waals surface area contributed by atoms with Gasteiger partial charge in [0.1, 0.15) is 0 Å². The summed E-state index contributed by atoms with van der Waals surface area (Å²) in [6.07, 6.45) is 6.35. The molecule has 4 heteroatoms. The second-order valence-electron chi connectivity index (χ2n) is 6.08. The van der Waals surface area contributed by atoms with Gasteiger partial charge in [-0.05, 0) is 58.2 Å². The molecule has 18 heavy (non-hydrogen) atoms. The van der Waals surface area contributed by atoms with Crippen molar-refractivity contribution in [2.75, 3.05) is 33.3 Å². The molecule has 0 unspecified atom stereocenters. The van der Waals surface area contributed by atoms with E-state index in [0.717, 1.165) is 38.1 Å². The van der Waals surface area contributed by atoms with Crippen molar-refractivity contribution >= 4 is 5.91 Å². The second kappa shape index (κ2) is 6.02. The summed E-state index contributed by atoms with van der Waals surface area (Å²) in [5, 5.41) is 12.3. The molecule has 0 aromatic rings. The molecule has 0 atom stereocenters. The predicted molar refractivity (Wildman–Crippen MR) is 71.2 cm³/mol. The zero-order valence-corrected chi connectivity index (χ0v) is 11.5. The number of carbonyl (C=O) groups is 1. The molecule has 2 N–H and O–H groups in total. The Balaban J connectivity index is 1.64. The van der Waals surface area contributed by atoms with Gasteiger partial charge in [-0.3, -0.25) is 4.79 Å². The molecule has 1 aliphatic carbocycles. The van der Waals surface area contributed by atoms with E-state index < -0.39 is 5.41 Å². The molecule has 4 nitrogen and oxygen atoms in total. The summed E-state index contributed by atoms with van der Waals surface area (Å²) in [6.45, 7) is 3.14. The summed E-state index contributed by atoms with van der Waals surface area (Å²) < 4.78 is 0. The Hall–Kier alpha value is -0.610. The molecule has 2 aliphatic rings. The van der Waals surface area contributed by atoms with Crippen LogP contribution in [0.3, 0.4) is 0 Å². The van der Waals surface area contributed by atoms with Crippen LogP contribution in [0.2, 0.25) is 0 Å². The van der Waals surface area contributed by atoms with Crippen LogP contribution in [0.4, 0.5) is 0 Å². The fourth-order valence-corrected chi connectivity index (χ4v) is 2.99. The first-order valence-corrected chi connectivity index (χ1v) is 7.24. The van der Waals surface area contributed by atoms with Gasteiger partial charge in [0.05, 0.1) is 12.0 Å². The van der Waals surface area contributed by atoms with E-state index in [1.165, 1.54) is 25.9 Å². The van der Waals surface area contributed by atoms with Crippen LogP contribution in [0.25, 0.3) is 0 Å². The monoisotopic (exact) mass is 254 g/mol. The van der Waals surface area contributed by atoms with Gasteiger partial charge in [0, 0.05) is 6.54 Å². The minimum absolute atomic E-state index is 0.00700. The summed E-state index contributed by atoms with van der Waals surface area (Å²) in [6, 6.07) is 0. The van der Waals surface area contributed by atoms with E-state index in [1.807, 2.05) is 0 Å². The number of likely N-dealkylation sites (tertiary alicyclic amines) is 1. The Bertz CT molecular complexity index is 276. The van der Waals surface area contributed by atoms with Crippen molar-refractivity contribution in [3.8, 4) is 0 Å². The van der Waals surface area contributed by atoms with Crippen molar-refractivity contribution in [1.82, 2.24) is 10.2 Å². The minimum Gasteiger partial charge on any atom is -0.395 e. The number of nitrogens with zero attached hydrogens (tertiary/aromatic N) is 1. The number of piperidine rings is 1. The Kier molecular flexibility index (Phi) is 4.62. The lowest BCUT2D eigenvalue weighted by Crippen LogP contribution is -2.48. The molecule has 2 rings (SSSR count). The Morgan fingerprint density at radius 1 is 1.39 bits per heavy atom. The third-order valence-electron chi connectivity index (χ3n) is 4.77. The van der Waals surface area contributed by atoms with Crippen LogP contribution in [0.15, 0.2) is 0 Å². The smallest absolute Gasteiger partial charge is 0.228 e. The molecule has 1 aliphatic heterocycles. The normalized spacial score (nSPS) is 24.6. The second-order valence-corrected chi connectivity index (χ2v) is 6.08. The number of aliphatic hydroxyl groups is 1. The Morgan fingerprint density at radius 3 is 2.56 bits per heavy atom. The van der Waals surface area contributed by atoms with Gasteiger partial charge in [0.15, 0.2) is 0 Å². The molecule has 0 bridgehead atoms. The SMILES string of the molecule is CN1CCC(CCNC(=O)C2(CO)CCC2)CC1. The standard InChI is InChI=1S/C14H26N2O2/c1-16-9-4-12(5-10-16)3-8-15-13(18)14(11-17)6-2-7-14/h12,17H,2-11H2,1H3,(H,15,18). The average Bonchev–Trinajstić information content (AvgIpc) is 2.31. The lowest BCUT2D eigenvalue weighted by molar-refractivity contribution is -0.139. The highest BCUT2D eigenvalue weighted by atomic mass is 16.3. The molecule has 1 saturated heterocycles. The maximum Gasteiger partial charge on any atom is 0.228 e. The van der Waals surface area contributed by atoms with Gasteiger partial charge in [0.25, 0.3) is 0 Å². The summed E-state index contributed by atoms with van der Waals surface area (Å²) >= 11 is 0. The van der Waals surface area contributed by atoms with Crippen LogP contribution in [-0.2, 0) is 4.79 Å². The number of aliphatic hydroxyl groups excluding tert-OH is 1. The average molecular weight is 254 g/mol. The van der Waals surface area contributed by atoms with Crippen molar-refractivity contribution in [2.45, 2.75) is 38.5 Å². The summed E-state index contributed by atoms with van der Waals surface area (Å²) in [5.41, 5.74) is -0.438. The van der Waals surface area contributed by atoms with E-state index in [2.05, 4.69) is 17.3 Å². The zero-order valence-electron chi connectivity index (χ0n) is 11.5. The van der Waals surface area contributed by atoms with E-state index in [-0.39, 0.29) is 12.5 Å². The van der Waals surface area contributed by atoms with E-state index in [9.17, 15) is 9.90 Å². The highest BCUT2D eigenvalue weighted by molar-refractivity contribution is 5.83. The molecule has 1 amide bonds. The van der Waals surface area contributed by atoms with E-state index in [0.29, 0.717) is 0 Å². The number of hydrogen-bond donors (Lipinski definition) is 2. The number of nitrogens with one attached hydrogen (secondary N) is 1. The third kappa shape index (κ3) is 3.04. The minimum atomic E-state index is -0.438. The first-order chi connectivity index (χ1) is 8.66. The molecular weight excluding hydrogens is 228 g/mol. The molecule has 1 saturated carbocycles. The summed E-state index contributed by atoms with van der Waals surface area (Å²) in [7, 11) is 2.17. The van der Waals surface area contributed by atoms with Crippen molar-refractivity contribution in [1.29, 1.82) is 0 Å². The van der Waals surface area contributed by atoms with Crippen molar-refractivity contribution in [2.24, 2.45) is 11.3 Å². The molecule has 0 aromatic heterocycles. The maximum absolute atomic E-state index is 12.0. The molecular formula is C14H26N2O2. The molecule has 2 fully saturated rings. The van der Waals surface area contributed by atoms with Crippen molar-refractivity contribution < 1.29 is 9.90 Å². The van der Waals surface area contributed by atoms with Crippen LogP contribution in [0, 0.1) is 11.3 Å². The zero-order chi connectivity index (χ0) is 13.0. The summed E-state index contributed by atoms with van der Waals surface area (Å²) in [5.74, 6) is 0.831. The van der Waals surface area contributed by atoms with Gasteiger partial charge >= 0.3 is 0 Å². The molecule has 0 radical (unpaired) electrons. The fraction of sp³-hybridized carbons (Fsp3) is 0.929. The highest BCUT2D eigenvalue weighted by Crippen LogP contribution is 2.40. The van der Waals surface area contributed by atoms with Crippen LogP contribution in [-0.4, -0.2) is 49.2 Å². The predicted octanol–water partition coefficient (Wildman–Crippen LogP) is 0.997. The van der Waals surface area contributed by atoms with Crippen LogP contribution < -0.4 is 5.32 Å².